The van der Waals surface area contributed by atoms with Crippen LogP contribution in [0.3, 0.4) is 0 Å². The van der Waals surface area contributed by atoms with E-state index in [9.17, 15) is 17.6 Å². The molecule has 10 heteroatoms. The summed E-state index contributed by atoms with van der Waals surface area (Å²) in [6.07, 6.45) is 0.554. The summed E-state index contributed by atoms with van der Waals surface area (Å²) in [6.45, 7) is 4.43. The number of Topliss-reactive ketones (excluding diaryl/α,β-unsaturated/α-hetero) is 1. The van der Waals surface area contributed by atoms with E-state index >= 15 is 0 Å². The number of rotatable bonds is 7. The molecule has 0 amide bonds. The molecule has 0 saturated carbocycles. The molecule has 0 N–H and O–H groups in total. The van der Waals surface area contributed by atoms with Gasteiger partial charge in [-0.15, -0.1) is 10.2 Å². The second kappa shape index (κ2) is 8.82. The van der Waals surface area contributed by atoms with Crippen LogP contribution in [0.5, 0.6) is 0 Å². The summed E-state index contributed by atoms with van der Waals surface area (Å²) in [5.74, 6) is 0.703. The number of nitrogens with zero attached hydrogens (tertiary/aromatic N) is 4. The topological polar surface area (TPSA) is 86.9 Å². The van der Waals surface area contributed by atoms with Gasteiger partial charge >= 0.3 is 0 Å². The highest BCUT2D eigenvalue weighted by molar-refractivity contribution is 7.99. The number of thioether (sulfide) groups is 1. The van der Waals surface area contributed by atoms with Crippen molar-refractivity contribution in [3.8, 4) is 0 Å². The van der Waals surface area contributed by atoms with Gasteiger partial charge in [0.2, 0.25) is 0 Å². The van der Waals surface area contributed by atoms with Crippen LogP contribution < -0.4 is 0 Å². The van der Waals surface area contributed by atoms with E-state index in [0.29, 0.717) is 29.5 Å². The maximum absolute atomic E-state index is 13.2. The van der Waals surface area contributed by atoms with Crippen LogP contribution in [0.1, 0.15) is 45.5 Å². The second-order valence-corrected chi connectivity index (χ2v) is 11.4. The minimum Gasteiger partial charge on any atom is -0.344 e. The predicted octanol–water partition coefficient (Wildman–Crippen LogP) is 3.30. The molecule has 7 nitrogen and oxygen atoms in total. The lowest BCUT2D eigenvalue weighted by atomic mass is 10.1. The molecule has 170 valence electrons. The maximum atomic E-state index is 13.2. The van der Waals surface area contributed by atoms with Gasteiger partial charge in [-0.3, -0.25) is 4.79 Å². The van der Waals surface area contributed by atoms with Crippen LogP contribution in [0, 0.1) is 19.7 Å². The smallest absolute Gasteiger partial charge is 0.191 e. The summed E-state index contributed by atoms with van der Waals surface area (Å²) in [5.41, 5.74) is 3.44. The van der Waals surface area contributed by atoms with E-state index in [1.54, 1.807) is 16.7 Å². The highest BCUT2D eigenvalue weighted by Crippen LogP contribution is 2.29. The molecular weight excluding hydrogens is 451 g/mol. The second-order valence-electron chi connectivity index (χ2n) is 8.21. The number of ketones is 1. The van der Waals surface area contributed by atoms with Crippen LogP contribution in [0.2, 0.25) is 0 Å². The summed E-state index contributed by atoms with van der Waals surface area (Å²) in [5, 5.41) is 8.96. The fourth-order valence-electron chi connectivity index (χ4n) is 4.11. The zero-order valence-electron chi connectivity index (χ0n) is 18.2. The quantitative estimate of drug-likeness (QED) is 0.384. The number of hydrogen-bond donors (Lipinski definition) is 0. The lowest BCUT2D eigenvalue weighted by Gasteiger charge is -2.10. The minimum atomic E-state index is -3.01. The molecular formula is C22H25FN4O3S2. The number of carbonyl (C=O) groups is 1. The van der Waals surface area contributed by atoms with E-state index in [0.717, 1.165) is 17.0 Å². The summed E-state index contributed by atoms with van der Waals surface area (Å²) >= 11 is 1.30. The van der Waals surface area contributed by atoms with E-state index in [1.165, 1.54) is 23.9 Å². The van der Waals surface area contributed by atoms with Crippen molar-refractivity contribution in [1.82, 2.24) is 19.3 Å². The molecule has 1 fully saturated rings. The third-order valence-corrected chi connectivity index (χ3v) is 8.71. The van der Waals surface area contributed by atoms with Gasteiger partial charge in [-0.1, -0.05) is 23.9 Å². The standard InChI is InChI=1S/C22H25FN4O3S2/c1-14-10-19(15(2)27(14)11-16-4-6-18(23)7-5-16)20(28)12-31-22-25-24-21(26(22)3)17-8-9-32(29,30)13-17/h4-7,10,17H,8-9,11-13H2,1-3H3. The van der Waals surface area contributed by atoms with E-state index in [2.05, 4.69) is 10.2 Å². The van der Waals surface area contributed by atoms with Gasteiger partial charge in [-0.05, 0) is 44.0 Å². The van der Waals surface area contributed by atoms with Crippen molar-refractivity contribution < 1.29 is 17.6 Å². The number of hydrogen-bond acceptors (Lipinski definition) is 6. The minimum absolute atomic E-state index is 0.0125. The largest absolute Gasteiger partial charge is 0.344 e. The lowest BCUT2D eigenvalue weighted by molar-refractivity contribution is 0.102. The molecule has 3 aromatic rings. The van der Waals surface area contributed by atoms with Gasteiger partial charge < -0.3 is 9.13 Å². The fourth-order valence-corrected chi connectivity index (χ4v) is 6.65. The van der Waals surface area contributed by atoms with E-state index in [1.807, 2.05) is 31.5 Å². The highest BCUT2D eigenvalue weighted by Gasteiger charge is 2.32. The molecule has 1 saturated heterocycles. The van der Waals surface area contributed by atoms with Crippen molar-refractivity contribution in [1.29, 1.82) is 0 Å². The highest BCUT2D eigenvalue weighted by atomic mass is 32.2. The zero-order valence-corrected chi connectivity index (χ0v) is 19.8. The Morgan fingerprint density at radius 2 is 1.94 bits per heavy atom. The van der Waals surface area contributed by atoms with Gasteiger partial charge in [0.15, 0.2) is 20.8 Å². The third-order valence-electron chi connectivity index (χ3n) is 5.93. The molecule has 0 bridgehead atoms. The Balaban J connectivity index is 1.44. The Labute approximate surface area is 191 Å². The van der Waals surface area contributed by atoms with Crippen LogP contribution >= 0.6 is 11.8 Å². The molecule has 0 radical (unpaired) electrons. The van der Waals surface area contributed by atoms with Crippen LogP contribution in [-0.2, 0) is 23.4 Å². The van der Waals surface area contributed by atoms with Gasteiger partial charge in [-0.25, -0.2) is 12.8 Å². The predicted molar refractivity (Wildman–Crippen MR) is 121 cm³/mol. The fraction of sp³-hybridized carbons (Fsp3) is 0.409. The zero-order chi connectivity index (χ0) is 23.0. The van der Waals surface area contributed by atoms with Crippen molar-refractivity contribution >= 4 is 27.4 Å². The van der Waals surface area contributed by atoms with Gasteiger partial charge in [0.25, 0.3) is 0 Å². The Hall–Kier alpha value is -2.46. The molecule has 1 aliphatic rings. The van der Waals surface area contributed by atoms with Crippen LogP contribution in [0.4, 0.5) is 4.39 Å². The van der Waals surface area contributed by atoms with Gasteiger partial charge in [0.05, 0.1) is 17.3 Å². The molecule has 1 unspecified atom stereocenters. The lowest BCUT2D eigenvalue weighted by Crippen LogP contribution is -2.10. The molecule has 4 rings (SSSR count). The van der Waals surface area contributed by atoms with Crippen LogP contribution in [0.25, 0.3) is 0 Å². The van der Waals surface area contributed by atoms with Crippen molar-refractivity contribution in [2.45, 2.75) is 37.9 Å². The maximum Gasteiger partial charge on any atom is 0.191 e. The average Bonchev–Trinajstić information content (AvgIpc) is 3.38. The van der Waals surface area contributed by atoms with E-state index in [4.69, 9.17) is 0 Å². The molecule has 1 aromatic carbocycles. The summed E-state index contributed by atoms with van der Waals surface area (Å²) < 4.78 is 40.6. The Morgan fingerprint density at radius 3 is 2.59 bits per heavy atom. The van der Waals surface area contributed by atoms with Gasteiger partial charge in [-0.2, -0.15) is 0 Å². The summed E-state index contributed by atoms with van der Waals surface area (Å²) in [4.78, 5) is 12.9. The monoisotopic (exact) mass is 476 g/mol. The first kappa shape index (κ1) is 22.7. The Morgan fingerprint density at radius 1 is 1.22 bits per heavy atom. The molecule has 1 atom stereocenters. The van der Waals surface area contributed by atoms with Crippen molar-refractivity contribution in [3.63, 3.8) is 0 Å². The average molecular weight is 477 g/mol. The number of carbonyl (C=O) groups excluding carboxylic acids is 1. The number of halogens is 1. The molecule has 0 spiro atoms. The van der Waals surface area contributed by atoms with Gasteiger partial charge in [0.1, 0.15) is 11.6 Å². The summed E-state index contributed by atoms with van der Waals surface area (Å²) in [6, 6.07) is 8.23. The Kier molecular flexibility index (Phi) is 6.26. The normalized spacial score (nSPS) is 17.7. The molecule has 32 heavy (non-hydrogen) atoms. The first-order valence-electron chi connectivity index (χ1n) is 10.3. The third kappa shape index (κ3) is 4.66. The van der Waals surface area contributed by atoms with Gasteiger partial charge in [0, 0.05) is 36.5 Å². The van der Waals surface area contributed by atoms with Crippen molar-refractivity contribution in [2.24, 2.45) is 7.05 Å². The van der Waals surface area contributed by atoms with Crippen LogP contribution in [0.15, 0.2) is 35.5 Å². The molecule has 2 aromatic heterocycles. The van der Waals surface area contributed by atoms with E-state index in [-0.39, 0.29) is 34.8 Å². The molecule has 1 aliphatic heterocycles. The first-order valence-corrected chi connectivity index (χ1v) is 13.1. The number of aryl methyl sites for hydroxylation is 1. The number of aromatic nitrogens is 4. The SMILES string of the molecule is Cc1cc(C(=O)CSc2nnc(C3CCS(=O)(=O)C3)n2C)c(C)n1Cc1ccc(F)cc1. The molecule has 3 heterocycles. The number of benzene rings is 1. The first-order chi connectivity index (χ1) is 15.1. The summed E-state index contributed by atoms with van der Waals surface area (Å²) in [7, 11) is -1.20. The molecule has 0 aliphatic carbocycles. The van der Waals surface area contributed by atoms with Crippen LogP contribution in [-0.4, -0.2) is 50.8 Å². The van der Waals surface area contributed by atoms with E-state index < -0.39 is 9.84 Å². The van der Waals surface area contributed by atoms with Crippen molar-refractivity contribution in [3.05, 3.63) is 64.5 Å². The van der Waals surface area contributed by atoms with Crippen molar-refractivity contribution in [2.75, 3.05) is 17.3 Å². The number of sulfone groups is 1. The Bertz CT molecular complexity index is 1260.